The average Bonchev–Trinajstić information content (AvgIpc) is 2.86. The lowest BCUT2D eigenvalue weighted by Gasteiger charge is -2.17. The van der Waals surface area contributed by atoms with Crippen LogP contribution in [0.15, 0.2) is 4.79 Å². The van der Waals surface area contributed by atoms with Gasteiger partial charge in [-0.2, -0.15) is 4.68 Å². The van der Waals surface area contributed by atoms with E-state index in [4.69, 9.17) is 4.74 Å². The minimum absolute atomic E-state index is 0.185. The molecule has 0 N–H and O–H groups in total. The number of fused-ring (bicyclic) bond motifs is 3. The monoisotopic (exact) mass is 335 g/mol. The van der Waals surface area contributed by atoms with Gasteiger partial charge in [-0.05, 0) is 36.7 Å². The molecule has 1 aliphatic rings. The van der Waals surface area contributed by atoms with Crippen molar-refractivity contribution in [3.05, 3.63) is 20.8 Å². The Hall–Kier alpha value is -1.76. The third-order valence-corrected chi connectivity index (χ3v) is 5.18. The van der Waals surface area contributed by atoms with Crippen molar-refractivity contribution < 1.29 is 9.53 Å². The van der Waals surface area contributed by atoms with Gasteiger partial charge in [-0.25, -0.2) is 0 Å². The van der Waals surface area contributed by atoms with Crippen molar-refractivity contribution in [3.63, 3.8) is 0 Å². The highest BCUT2D eigenvalue weighted by Crippen LogP contribution is 2.35. The molecule has 0 aromatic carbocycles. The minimum atomic E-state index is -0.452. The van der Waals surface area contributed by atoms with E-state index < -0.39 is 5.97 Å². The van der Waals surface area contributed by atoms with Gasteiger partial charge in [0.2, 0.25) is 0 Å². The van der Waals surface area contributed by atoms with E-state index in [1.165, 1.54) is 4.88 Å². The van der Waals surface area contributed by atoms with Gasteiger partial charge in [-0.1, -0.05) is 26.0 Å². The van der Waals surface area contributed by atoms with E-state index in [1.54, 1.807) is 11.3 Å². The Morgan fingerprint density at radius 1 is 1.48 bits per heavy atom. The van der Waals surface area contributed by atoms with Gasteiger partial charge in [0.05, 0.1) is 12.0 Å². The number of ether oxygens (including phenoxy) is 1. The van der Waals surface area contributed by atoms with E-state index in [1.807, 2.05) is 13.8 Å². The van der Waals surface area contributed by atoms with Crippen LogP contribution >= 0.6 is 11.3 Å². The maximum Gasteiger partial charge on any atom is 0.327 e. The Labute approximate surface area is 138 Å². The van der Waals surface area contributed by atoms with Gasteiger partial charge in [-0.15, -0.1) is 16.4 Å². The number of nitrogens with zero attached hydrogens (tertiary/aromatic N) is 3. The highest BCUT2D eigenvalue weighted by atomic mass is 32.1. The van der Waals surface area contributed by atoms with Crippen molar-refractivity contribution in [2.24, 2.45) is 11.8 Å². The summed E-state index contributed by atoms with van der Waals surface area (Å²) in [6.45, 7) is 6.31. The zero-order chi connectivity index (χ0) is 16.6. The Morgan fingerprint density at radius 2 is 2.26 bits per heavy atom. The van der Waals surface area contributed by atoms with Crippen LogP contribution < -0.4 is 5.56 Å². The predicted molar refractivity (Wildman–Crippen MR) is 88.7 cm³/mol. The summed E-state index contributed by atoms with van der Waals surface area (Å²) in [5, 5.41) is 8.69. The van der Waals surface area contributed by atoms with Gasteiger partial charge in [0.15, 0.2) is 4.83 Å². The Morgan fingerprint density at radius 3 is 3.00 bits per heavy atom. The third kappa shape index (κ3) is 3.29. The van der Waals surface area contributed by atoms with Crippen molar-refractivity contribution in [3.8, 4) is 0 Å². The Bertz CT molecular complexity index is 794. The van der Waals surface area contributed by atoms with Crippen LogP contribution in [-0.4, -0.2) is 27.6 Å². The summed E-state index contributed by atoms with van der Waals surface area (Å²) in [6, 6.07) is 0. The maximum atomic E-state index is 12.7. The van der Waals surface area contributed by atoms with Crippen LogP contribution in [0.1, 0.15) is 37.6 Å². The lowest BCUT2D eigenvalue weighted by atomic mass is 9.89. The second kappa shape index (κ2) is 6.39. The second-order valence-electron chi connectivity index (χ2n) is 6.66. The summed E-state index contributed by atoms with van der Waals surface area (Å²) in [7, 11) is 0. The van der Waals surface area contributed by atoms with Crippen LogP contribution in [0, 0.1) is 11.8 Å². The second-order valence-corrected chi connectivity index (χ2v) is 7.74. The normalized spacial score (nSPS) is 17.5. The number of carbonyl (C=O) groups excluding carboxylic acids is 1. The average molecular weight is 335 g/mol. The predicted octanol–water partition coefficient (Wildman–Crippen LogP) is 2.18. The van der Waals surface area contributed by atoms with E-state index in [0.29, 0.717) is 22.7 Å². The molecule has 0 saturated heterocycles. The Kier molecular flexibility index (Phi) is 4.48. The van der Waals surface area contributed by atoms with Gasteiger partial charge in [-0.3, -0.25) is 9.59 Å². The summed E-state index contributed by atoms with van der Waals surface area (Å²) in [4.78, 5) is 26.4. The van der Waals surface area contributed by atoms with Crippen LogP contribution in [0.5, 0.6) is 0 Å². The summed E-state index contributed by atoms with van der Waals surface area (Å²) in [6.07, 6.45) is 2.97. The Balaban J connectivity index is 1.90. The van der Waals surface area contributed by atoms with Gasteiger partial charge in [0, 0.05) is 4.88 Å². The molecular weight excluding hydrogens is 314 g/mol. The lowest BCUT2D eigenvalue weighted by molar-refractivity contribution is -0.145. The zero-order valence-corrected chi connectivity index (χ0v) is 14.5. The first-order valence-corrected chi connectivity index (χ1v) is 8.81. The van der Waals surface area contributed by atoms with Crippen LogP contribution in [0.3, 0.4) is 0 Å². The first-order valence-electron chi connectivity index (χ1n) is 7.99. The molecule has 7 heteroatoms. The standard InChI is InChI=1S/C16H21N3O3S/c1-9(2)8-22-13(20)7-19-16(21)14-11-5-4-10(3)6-12(11)23-15(14)17-18-19/h9-10H,4-8H2,1-3H3. The van der Waals surface area contributed by atoms with Crippen LogP contribution in [-0.2, 0) is 28.9 Å². The first kappa shape index (κ1) is 16.1. The molecule has 0 spiro atoms. The number of rotatable bonds is 4. The lowest BCUT2D eigenvalue weighted by Crippen LogP contribution is -2.29. The van der Waals surface area contributed by atoms with Crippen LogP contribution in [0.25, 0.3) is 10.2 Å². The summed E-state index contributed by atoms with van der Waals surface area (Å²) >= 11 is 1.56. The van der Waals surface area contributed by atoms with Gasteiger partial charge in [0.25, 0.3) is 5.56 Å². The number of aryl methyl sites for hydroxylation is 1. The molecule has 124 valence electrons. The highest BCUT2D eigenvalue weighted by Gasteiger charge is 2.24. The molecule has 3 rings (SSSR count). The van der Waals surface area contributed by atoms with E-state index in [0.717, 1.165) is 29.5 Å². The van der Waals surface area contributed by atoms with Crippen molar-refractivity contribution in [1.29, 1.82) is 0 Å². The van der Waals surface area contributed by atoms with Crippen molar-refractivity contribution in [1.82, 2.24) is 15.0 Å². The van der Waals surface area contributed by atoms with E-state index in [9.17, 15) is 9.59 Å². The van der Waals surface area contributed by atoms with E-state index in [-0.39, 0.29) is 18.0 Å². The molecule has 0 radical (unpaired) electrons. The van der Waals surface area contributed by atoms with Gasteiger partial charge < -0.3 is 4.74 Å². The molecule has 0 aliphatic heterocycles. The molecule has 2 heterocycles. The van der Waals surface area contributed by atoms with Crippen molar-refractivity contribution in [2.45, 2.75) is 46.6 Å². The fourth-order valence-electron chi connectivity index (χ4n) is 2.82. The number of carbonyl (C=O) groups is 1. The van der Waals surface area contributed by atoms with E-state index in [2.05, 4.69) is 17.2 Å². The number of aromatic nitrogens is 3. The third-order valence-electron chi connectivity index (χ3n) is 4.04. The van der Waals surface area contributed by atoms with Crippen LogP contribution in [0.2, 0.25) is 0 Å². The molecule has 1 atom stereocenters. The molecule has 1 unspecified atom stereocenters. The fraction of sp³-hybridized carbons (Fsp3) is 0.625. The summed E-state index contributed by atoms with van der Waals surface area (Å²) < 4.78 is 6.24. The first-order chi connectivity index (χ1) is 11.0. The molecule has 2 aromatic heterocycles. The van der Waals surface area contributed by atoms with Crippen molar-refractivity contribution >= 4 is 27.5 Å². The van der Waals surface area contributed by atoms with Gasteiger partial charge >= 0.3 is 5.97 Å². The number of hydrogen-bond donors (Lipinski definition) is 0. The molecule has 1 aliphatic carbocycles. The minimum Gasteiger partial charge on any atom is -0.464 e. The van der Waals surface area contributed by atoms with E-state index >= 15 is 0 Å². The fourth-order valence-corrected chi connectivity index (χ4v) is 4.14. The molecule has 0 bridgehead atoms. The number of hydrogen-bond acceptors (Lipinski definition) is 6. The topological polar surface area (TPSA) is 74.1 Å². The zero-order valence-electron chi connectivity index (χ0n) is 13.7. The maximum absolute atomic E-state index is 12.7. The molecular formula is C16H21N3O3S. The van der Waals surface area contributed by atoms with Crippen molar-refractivity contribution in [2.75, 3.05) is 6.61 Å². The van der Waals surface area contributed by atoms with Crippen LogP contribution in [0.4, 0.5) is 0 Å². The smallest absolute Gasteiger partial charge is 0.327 e. The quantitative estimate of drug-likeness (QED) is 0.801. The summed E-state index contributed by atoms with van der Waals surface area (Å²) in [5.74, 6) is 0.444. The molecule has 0 saturated carbocycles. The largest absolute Gasteiger partial charge is 0.464 e. The molecule has 23 heavy (non-hydrogen) atoms. The molecule has 2 aromatic rings. The molecule has 6 nitrogen and oxygen atoms in total. The SMILES string of the molecule is CC(C)COC(=O)Cn1nnc2sc3c(c2c1=O)CCC(C)C3. The summed E-state index contributed by atoms with van der Waals surface area (Å²) in [5.41, 5.74) is 0.871. The number of thiophene rings is 1. The molecule has 0 fully saturated rings. The molecule has 0 amide bonds. The number of esters is 1. The van der Waals surface area contributed by atoms with Gasteiger partial charge in [0.1, 0.15) is 6.54 Å². The highest BCUT2D eigenvalue weighted by molar-refractivity contribution is 7.18.